The molecule has 0 saturated heterocycles. The Labute approximate surface area is 75.1 Å². The van der Waals surface area contributed by atoms with E-state index in [0.717, 1.165) is 0 Å². The number of carbonyl (C=O) groups excluding carboxylic acids is 1. The second-order valence-corrected chi connectivity index (χ2v) is 2.04. The lowest BCUT2D eigenvalue weighted by Crippen LogP contribution is -1.79. The molecule has 0 heterocycles. The van der Waals surface area contributed by atoms with E-state index >= 15 is 0 Å². The third kappa shape index (κ3) is 5.78. The number of rotatable bonds is 2. The van der Waals surface area contributed by atoms with Crippen molar-refractivity contribution in [2.75, 3.05) is 7.11 Å². The maximum absolute atomic E-state index is 11.8. The fourth-order valence-corrected chi connectivity index (χ4v) is 0.599. The van der Waals surface area contributed by atoms with Crippen molar-refractivity contribution in [3.8, 4) is 0 Å². The van der Waals surface area contributed by atoms with E-state index in [-0.39, 0.29) is 5.56 Å². The summed E-state index contributed by atoms with van der Waals surface area (Å²) in [7, 11) is 1.31. The minimum atomic E-state index is -2.34. The summed E-state index contributed by atoms with van der Waals surface area (Å²) in [6, 6.07) is 7.73. The van der Waals surface area contributed by atoms with Crippen molar-refractivity contribution in [3.63, 3.8) is 0 Å². The van der Waals surface area contributed by atoms with Gasteiger partial charge in [-0.2, -0.15) is 0 Å². The van der Waals surface area contributed by atoms with Crippen LogP contribution in [0.25, 0.3) is 0 Å². The number of ether oxygens (including phenoxy) is 1. The molecule has 0 aromatic heterocycles. The van der Waals surface area contributed by atoms with E-state index in [1.165, 1.54) is 19.2 Å². The second kappa shape index (κ2) is 7.21. The Morgan fingerprint density at radius 1 is 1.31 bits per heavy atom. The molecule has 0 amide bonds. The highest BCUT2D eigenvalue weighted by Crippen LogP contribution is 2.16. The SMILES string of the molecule is COC=O.FC(F)c1ccccc1. The fraction of sp³-hybridized carbons (Fsp3) is 0.222. The molecule has 4 heteroatoms. The van der Waals surface area contributed by atoms with Crippen molar-refractivity contribution < 1.29 is 18.3 Å². The van der Waals surface area contributed by atoms with Crippen LogP contribution in [-0.4, -0.2) is 13.6 Å². The maximum atomic E-state index is 11.8. The molecule has 1 rings (SSSR count). The average molecular weight is 188 g/mol. The highest BCUT2D eigenvalue weighted by atomic mass is 19.3. The van der Waals surface area contributed by atoms with Crippen molar-refractivity contribution in [1.29, 1.82) is 0 Å². The predicted molar refractivity (Wildman–Crippen MR) is 44.5 cm³/mol. The Morgan fingerprint density at radius 3 is 2.00 bits per heavy atom. The Hall–Kier alpha value is -1.45. The molecule has 1 aromatic rings. The highest BCUT2D eigenvalue weighted by molar-refractivity contribution is 5.36. The van der Waals surface area contributed by atoms with Crippen LogP contribution in [-0.2, 0) is 9.53 Å². The second-order valence-electron chi connectivity index (χ2n) is 2.04. The molecule has 0 aliphatic rings. The van der Waals surface area contributed by atoms with Crippen LogP contribution in [0.5, 0.6) is 0 Å². The van der Waals surface area contributed by atoms with Gasteiger partial charge in [-0.3, -0.25) is 4.79 Å². The molecule has 0 N–H and O–H groups in total. The van der Waals surface area contributed by atoms with Crippen LogP contribution in [0.3, 0.4) is 0 Å². The van der Waals surface area contributed by atoms with Crippen molar-refractivity contribution >= 4 is 6.47 Å². The summed E-state index contributed by atoms with van der Waals surface area (Å²) in [6.07, 6.45) is -2.34. The smallest absolute Gasteiger partial charge is 0.292 e. The monoisotopic (exact) mass is 188 g/mol. The molecule has 0 unspecified atom stereocenters. The van der Waals surface area contributed by atoms with E-state index in [1.54, 1.807) is 18.2 Å². The topological polar surface area (TPSA) is 26.3 Å². The van der Waals surface area contributed by atoms with E-state index in [2.05, 4.69) is 4.74 Å². The average Bonchev–Trinajstić information content (AvgIpc) is 2.19. The third-order valence-corrected chi connectivity index (χ3v) is 1.15. The predicted octanol–water partition coefficient (Wildman–Crippen LogP) is 2.41. The van der Waals surface area contributed by atoms with Gasteiger partial charge in [0.15, 0.2) is 0 Å². The van der Waals surface area contributed by atoms with Gasteiger partial charge in [-0.15, -0.1) is 0 Å². The number of carbonyl (C=O) groups is 1. The lowest BCUT2D eigenvalue weighted by atomic mass is 10.2. The zero-order chi connectivity index (χ0) is 10.1. The van der Waals surface area contributed by atoms with Gasteiger partial charge >= 0.3 is 0 Å². The molecule has 0 spiro atoms. The van der Waals surface area contributed by atoms with Gasteiger partial charge in [0.2, 0.25) is 0 Å². The summed E-state index contributed by atoms with van der Waals surface area (Å²) in [5.41, 5.74) is 0.0810. The Bertz CT molecular complexity index is 224. The number of alkyl halides is 2. The van der Waals surface area contributed by atoms with Gasteiger partial charge in [0.25, 0.3) is 12.9 Å². The van der Waals surface area contributed by atoms with Crippen LogP contribution in [0.1, 0.15) is 12.0 Å². The fourth-order valence-electron chi connectivity index (χ4n) is 0.599. The molecule has 13 heavy (non-hydrogen) atoms. The first-order valence-electron chi connectivity index (χ1n) is 3.52. The zero-order valence-electron chi connectivity index (χ0n) is 7.11. The van der Waals surface area contributed by atoms with Gasteiger partial charge in [-0.25, -0.2) is 8.78 Å². The molecule has 2 nitrogen and oxygen atoms in total. The van der Waals surface area contributed by atoms with Crippen LogP contribution in [0.4, 0.5) is 8.78 Å². The largest absolute Gasteiger partial charge is 0.471 e. The first-order valence-corrected chi connectivity index (χ1v) is 3.52. The Kier molecular flexibility index (Phi) is 6.41. The molecule has 0 atom stereocenters. The standard InChI is InChI=1S/C7H6F2.C2H4O2/c8-7(9)6-4-2-1-3-5-6;1-4-2-3/h1-5,7H;2H,1H3. The number of hydrogen-bond donors (Lipinski definition) is 0. The molecular weight excluding hydrogens is 178 g/mol. The summed E-state index contributed by atoms with van der Waals surface area (Å²) in [4.78, 5) is 8.95. The molecule has 72 valence electrons. The molecule has 0 bridgehead atoms. The van der Waals surface area contributed by atoms with Gasteiger partial charge in [-0.05, 0) is 0 Å². The number of benzene rings is 1. The van der Waals surface area contributed by atoms with E-state index in [0.29, 0.717) is 6.47 Å². The van der Waals surface area contributed by atoms with Gasteiger partial charge in [0.1, 0.15) is 0 Å². The summed E-state index contributed by atoms with van der Waals surface area (Å²) < 4.78 is 27.4. The normalized spacial score (nSPS) is 8.62. The lowest BCUT2D eigenvalue weighted by Gasteiger charge is -1.94. The van der Waals surface area contributed by atoms with Crippen LogP contribution >= 0.6 is 0 Å². The third-order valence-electron chi connectivity index (χ3n) is 1.15. The summed E-state index contributed by atoms with van der Waals surface area (Å²) in [5, 5.41) is 0. The van der Waals surface area contributed by atoms with Gasteiger partial charge < -0.3 is 4.74 Å². The van der Waals surface area contributed by atoms with Crippen molar-refractivity contribution in [2.45, 2.75) is 6.43 Å². The maximum Gasteiger partial charge on any atom is 0.292 e. The van der Waals surface area contributed by atoms with Gasteiger partial charge in [0.05, 0.1) is 7.11 Å². The van der Waals surface area contributed by atoms with Crippen LogP contribution in [0.15, 0.2) is 30.3 Å². The van der Waals surface area contributed by atoms with Gasteiger partial charge in [0, 0.05) is 5.56 Å². The van der Waals surface area contributed by atoms with E-state index in [1.807, 2.05) is 0 Å². The molecule has 0 fully saturated rings. The Balaban J connectivity index is 0.000000310. The quantitative estimate of drug-likeness (QED) is 0.666. The van der Waals surface area contributed by atoms with Crippen LogP contribution in [0.2, 0.25) is 0 Å². The molecule has 0 radical (unpaired) electrons. The van der Waals surface area contributed by atoms with E-state index in [4.69, 9.17) is 4.79 Å². The number of hydrogen-bond acceptors (Lipinski definition) is 2. The zero-order valence-corrected chi connectivity index (χ0v) is 7.11. The van der Waals surface area contributed by atoms with E-state index in [9.17, 15) is 8.78 Å². The summed E-state index contributed by atoms with van der Waals surface area (Å²) >= 11 is 0. The molecular formula is C9H10F2O2. The van der Waals surface area contributed by atoms with Crippen molar-refractivity contribution in [3.05, 3.63) is 35.9 Å². The first kappa shape index (κ1) is 11.6. The first-order chi connectivity index (χ1) is 6.22. The minimum Gasteiger partial charge on any atom is -0.471 e. The van der Waals surface area contributed by atoms with Gasteiger partial charge in [-0.1, -0.05) is 30.3 Å². The molecule has 0 aliphatic carbocycles. The van der Waals surface area contributed by atoms with Crippen LogP contribution in [0, 0.1) is 0 Å². The minimum absolute atomic E-state index is 0.0810. The van der Waals surface area contributed by atoms with Crippen molar-refractivity contribution in [1.82, 2.24) is 0 Å². The Morgan fingerprint density at radius 2 is 1.77 bits per heavy atom. The number of methoxy groups -OCH3 is 1. The number of halogens is 2. The molecule has 0 aliphatic heterocycles. The molecule has 0 saturated carbocycles. The summed E-state index contributed by atoms with van der Waals surface area (Å²) in [6.45, 7) is 0.375. The molecule has 1 aromatic carbocycles. The van der Waals surface area contributed by atoms with E-state index < -0.39 is 6.43 Å². The summed E-state index contributed by atoms with van der Waals surface area (Å²) in [5.74, 6) is 0. The van der Waals surface area contributed by atoms with Crippen molar-refractivity contribution in [2.24, 2.45) is 0 Å². The lowest BCUT2D eigenvalue weighted by molar-refractivity contribution is -0.126. The highest BCUT2D eigenvalue weighted by Gasteiger charge is 2.02. The van der Waals surface area contributed by atoms with Crippen LogP contribution < -0.4 is 0 Å².